The zero-order chi connectivity index (χ0) is 18.0. The molecule has 1 heterocycles. The van der Waals surface area contributed by atoms with E-state index in [4.69, 9.17) is 4.74 Å². The molecule has 2 aromatic carbocycles. The van der Waals surface area contributed by atoms with Crippen molar-refractivity contribution in [2.45, 2.75) is 20.3 Å². The molecule has 0 saturated carbocycles. The Hall–Kier alpha value is -2.82. The van der Waals surface area contributed by atoms with Crippen molar-refractivity contribution in [3.63, 3.8) is 0 Å². The number of fused-ring (bicyclic) bond motifs is 1. The van der Waals surface area contributed by atoms with Crippen molar-refractivity contribution < 1.29 is 9.53 Å². The number of carbonyl (C=O) groups excluding carboxylic acids is 1. The first-order valence-electron chi connectivity index (χ1n) is 8.34. The first-order chi connectivity index (χ1) is 12.0. The smallest absolute Gasteiger partial charge is 0.251 e. The highest BCUT2D eigenvalue weighted by Gasteiger charge is 2.10. The van der Waals surface area contributed by atoms with Crippen LogP contribution in [0.4, 0.5) is 0 Å². The minimum atomic E-state index is -0.0523. The molecular weight excluding hydrogens is 314 g/mol. The number of carbonyl (C=O) groups is 1. The zero-order valence-corrected chi connectivity index (χ0v) is 15.1. The number of benzene rings is 2. The van der Waals surface area contributed by atoms with Crippen molar-refractivity contribution in [2.75, 3.05) is 13.7 Å². The molecule has 0 aliphatic rings. The molecule has 1 aromatic heterocycles. The van der Waals surface area contributed by atoms with Gasteiger partial charge in [0.25, 0.3) is 5.91 Å². The van der Waals surface area contributed by atoms with Gasteiger partial charge < -0.3 is 14.6 Å². The lowest BCUT2D eigenvalue weighted by Crippen LogP contribution is -2.26. The monoisotopic (exact) mass is 337 g/mol. The molecule has 0 atom stereocenters. The molecule has 3 rings (SSSR count). The topological polar surface area (TPSA) is 56.1 Å². The van der Waals surface area contributed by atoms with Crippen LogP contribution in [-0.4, -0.2) is 29.1 Å². The largest absolute Gasteiger partial charge is 0.497 e. The zero-order valence-electron chi connectivity index (χ0n) is 15.1. The number of methoxy groups -OCH3 is 1. The Morgan fingerprint density at radius 3 is 2.68 bits per heavy atom. The summed E-state index contributed by atoms with van der Waals surface area (Å²) in [5, 5.41) is 2.97. The molecule has 0 aliphatic heterocycles. The van der Waals surface area contributed by atoms with Gasteiger partial charge in [0.2, 0.25) is 0 Å². The number of amides is 1. The maximum atomic E-state index is 12.3. The fourth-order valence-corrected chi connectivity index (χ4v) is 2.85. The van der Waals surface area contributed by atoms with Crippen molar-refractivity contribution in [3.05, 3.63) is 58.9 Å². The molecule has 130 valence electrons. The van der Waals surface area contributed by atoms with Crippen LogP contribution in [0.1, 0.15) is 27.3 Å². The lowest BCUT2D eigenvalue weighted by atomic mass is 10.1. The molecule has 1 N–H and O–H groups in total. The van der Waals surface area contributed by atoms with Gasteiger partial charge in [-0.25, -0.2) is 4.98 Å². The van der Waals surface area contributed by atoms with Crippen LogP contribution in [0.5, 0.6) is 5.75 Å². The van der Waals surface area contributed by atoms with Crippen LogP contribution in [0.2, 0.25) is 0 Å². The Labute approximate surface area is 147 Å². The summed E-state index contributed by atoms with van der Waals surface area (Å²) in [6.07, 6.45) is 0.671. The molecule has 0 fully saturated rings. The summed E-state index contributed by atoms with van der Waals surface area (Å²) in [6.45, 7) is 4.59. The summed E-state index contributed by atoms with van der Waals surface area (Å²) in [6, 6.07) is 11.6. The molecule has 0 unspecified atom stereocenters. The van der Waals surface area contributed by atoms with Crippen LogP contribution < -0.4 is 10.1 Å². The van der Waals surface area contributed by atoms with Crippen LogP contribution in [-0.2, 0) is 13.5 Å². The Balaban J connectivity index is 1.67. The van der Waals surface area contributed by atoms with Gasteiger partial charge in [-0.15, -0.1) is 0 Å². The predicted octanol–water partition coefficient (Wildman–Crippen LogP) is 3.17. The minimum Gasteiger partial charge on any atom is -0.497 e. The van der Waals surface area contributed by atoms with Gasteiger partial charge in [-0.2, -0.15) is 0 Å². The fourth-order valence-electron chi connectivity index (χ4n) is 2.85. The molecule has 0 spiro atoms. The van der Waals surface area contributed by atoms with E-state index in [1.807, 2.05) is 57.3 Å². The highest BCUT2D eigenvalue weighted by Crippen LogP contribution is 2.21. The average Bonchev–Trinajstić information content (AvgIpc) is 2.92. The molecule has 0 saturated heterocycles. The first-order valence-corrected chi connectivity index (χ1v) is 8.34. The normalized spacial score (nSPS) is 10.9. The summed E-state index contributed by atoms with van der Waals surface area (Å²) in [7, 11) is 3.63. The second kappa shape index (κ2) is 6.97. The van der Waals surface area contributed by atoms with Crippen molar-refractivity contribution in [1.82, 2.24) is 14.9 Å². The van der Waals surface area contributed by atoms with Crippen molar-refractivity contribution in [2.24, 2.45) is 7.05 Å². The highest BCUT2D eigenvalue weighted by atomic mass is 16.5. The number of hydrogen-bond acceptors (Lipinski definition) is 3. The summed E-state index contributed by atoms with van der Waals surface area (Å²) < 4.78 is 7.30. The lowest BCUT2D eigenvalue weighted by molar-refractivity contribution is 0.0954. The second-order valence-electron chi connectivity index (χ2n) is 6.25. The van der Waals surface area contributed by atoms with Crippen molar-refractivity contribution in [1.29, 1.82) is 0 Å². The standard InChI is InChI=1S/C20H23N3O2/c1-13-5-6-15(11-14(13)2)20(24)21-10-9-19-22-17-12-16(25-4)7-8-18(17)23(19)3/h5-8,11-12H,9-10H2,1-4H3,(H,21,24). The van der Waals surface area contributed by atoms with E-state index in [9.17, 15) is 4.79 Å². The van der Waals surface area contributed by atoms with Gasteiger partial charge in [0.05, 0.1) is 18.1 Å². The second-order valence-corrected chi connectivity index (χ2v) is 6.25. The van der Waals surface area contributed by atoms with Crippen LogP contribution >= 0.6 is 0 Å². The summed E-state index contributed by atoms with van der Waals surface area (Å²) >= 11 is 0. The average molecular weight is 337 g/mol. The summed E-state index contributed by atoms with van der Waals surface area (Å²) in [5.41, 5.74) is 4.95. The van der Waals surface area contributed by atoms with Crippen LogP contribution in [0.25, 0.3) is 11.0 Å². The lowest BCUT2D eigenvalue weighted by Gasteiger charge is -2.07. The molecule has 3 aromatic rings. The van der Waals surface area contributed by atoms with Gasteiger partial charge in [0.1, 0.15) is 11.6 Å². The SMILES string of the molecule is COc1ccc2c(c1)nc(CCNC(=O)c1ccc(C)c(C)c1)n2C. The maximum Gasteiger partial charge on any atom is 0.251 e. The van der Waals surface area contributed by atoms with Gasteiger partial charge in [0.15, 0.2) is 0 Å². The predicted molar refractivity (Wildman–Crippen MR) is 99.2 cm³/mol. The van der Waals surface area contributed by atoms with Crippen molar-refractivity contribution in [3.8, 4) is 5.75 Å². The first kappa shape index (κ1) is 17.0. The number of nitrogens with one attached hydrogen (secondary N) is 1. The Morgan fingerprint density at radius 2 is 1.96 bits per heavy atom. The summed E-state index contributed by atoms with van der Waals surface area (Å²) in [4.78, 5) is 16.9. The van der Waals surface area contributed by atoms with E-state index in [1.54, 1.807) is 7.11 Å². The van der Waals surface area contributed by atoms with E-state index in [0.717, 1.165) is 28.2 Å². The van der Waals surface area contributed by atoms with E-state index < -0.39 is 0 Å². The van der Waals surface area contributed by atoms with E-state index in [0.29, 0.717) is 18.5 Å². The molecule has 5 nitrogen and oxygen atoms in total. The third-order valence-corrected chi connectivity index (χ3v) is 4.58. The third kappa shape index (κ3) is 3.50. The summed E-state index contributed by atoms with van der Waals surface area (Å²) in [5.74, 6) is 1.67. The highest BCUT2D eigenvalue weighted by molar-refractivity contribution is 5.94. The number of imidazole rings is 1. The molecule has 0 bridgehead atoms. The van der Waals surface area contributed by atoms with Gasteiger partial charge >= 0.3 is 0 Å². The molecule has 25 heavy (non-hydrogen) atoms. The molecule has 1 amide bonds. The number of ether oxygens (including phenoxy) is 1. The maximum absolute atomic E-state index is 12.3. The molecule has 0 aliphatic carbocycles. The van der Waals surface area contributed by atoms with Crippen molar-refractivity contribution >= 4 is 16.9 Å². The van der Waals surface area contributed by atoms with Crippen LogP contribution in [0, 0.1) is 13.8 Å². The minimum absolute atomic E-state index is 0.0523. The fraction of sp³-hybridized carbons (Fsp3) is 0.300. The number of aromatic nitrogens is 2. The quantitative estimate of drug-likeness (QED) is 0.778. The third-order valence-electron chi connectivity index (χ3n) is 4.58. The molecular formula is C20H23N3O2. The van der Waals surface area contributed by atoms with E-state index in [-0.39, 0.29) is 5.91 Å². The van der Waals surface area contributed by atoms with Crippen LogP contribution in [0.3, 0.4) is 0 Å². The van der Waals surface area contributed by atoms with Gasteiger partial charge in [-0.05, 0) is 49.2 Å². The van der Waals surface area contributed by atoms with E-state index >= 15 is 0 Å². The number of hydrogen-bond donors (Lipinski definition) is 1. The number of aryl methyl sites for hydroxylation is 3. The van der Waals surface area contributed by atoms with Gasteiger partial charge in [-0.3, -0.25) is 4.79 Å². The molecule has 0 radical (unpaired) electrons. The number of nitrogens with zero attached hydrogens (tertiary/aromatic N) is 2. The Kier molecular flexibility index (Phi) is 4.74. The van der Waals surface area contributed by atoms with Gasteiger partial charge in [0, 0.05) is 31.6 Å². The molecule has 5 heteroatoms. The number of rotatable bonds is 5. The van der Waals surface area contributed by atoms with E-state index in [1.165, 1.54) is 5.56 Å². The van der Waals surface area contributed by atoms with Crippen LogP contribution in [0.15, 0.2) is 36.4 Å². The Bertz CT molecular complexity index is 928. The Morgan fingerprint density at radius 1 is 1.16 bits per heavy atom. The van der Waals surface area contributed by atoms with E-state index in [2.05, 4.69) is 14.9 Å². The van der Waals surface area contributed by atoms with Gasteiger partial charge in [-0.1, -0.05) is 6.07 Å².